The van der Waals surface area contributed by atoms with Gasteiger partial charge in [0, 0.05) is 49.8 Å². The minimum absolute atomic E-state index is 0.115. The van der Waals surface area contributed by atoms with E-state index in [0.29, 0.717) is 38.3 Å². The van der Waals surface area contributed by atoms with E-state index in [0.717, 1.165) is 17.6 Å². The van der Waals surface area contributed by atoms with Gasteiger partial charge < -0.3 is 9.80 Å². The fourth-order valence-electron chi connectivity index (χ4n) is 3.17. The molecule has 0 bridgehead atoms. The molecule has 3 nitrogen and oxygen atoms in total. The quantitative estimate of drug-likeness (QED) is 0.649. The Morgan fingerprint density at radius 2 is 1.68 bits per heavy atom. The van der Waals surface area contributed by atoms with Gasteiger partial charge in [-0.15, -0.1) is 0 Å². The van der Waals surface area contributed by atoms with Crippen molar-refractivity contribution in [2.75, 3.05) is 36.8 Å². The molecule has 0 spiro atoms. The molecule has 0 N–H and O–H groups in total. The van der Waals surface area contributed by atoms with Crippen LogP contribution in [-0.4, -0.2) is 42.7 Å². The molecule has 150 valence electrons. The predicted molar refractivity (Wildman–Crippen MR) is 107 cm³/mol. The van der Waals surface area contributed by atoms with E-state index in [1.807, 2.05) is 28.0 Å². The van der Waals surface area contributed by atoms with E-state index in [1.54, 1.807) is 17.8 Å². The standard InChI is InChI=1S/C21H23F3N2OS/c22-21(23,24)18-7-4-8-19(15-18)25-10-12-26(13-11-25)20(27)9-14-28-16-17-5-2-1-3-6-17/h1-8,15H,9-14,16H2. The number of rotatable bonds is 6. The topological polar surface area (TPSA) is 23.6 Å². The van der Waals surface area contributed by atoms with Crippen molar-refractivity contribution in [3.63, 3.8) is 0 Å². The summed E-state index contributed by atoms with van der Waals surface area (Å²) in [5.74, 6) is 1.77. The highest BCUT2D eigenvalue weighted by atomic mass is 32.2. The number of anilines is 1. The van der Waals surface area contributed by atoms with Crippen LogP contribution < -0.4 is 4.90 Å². The van der Waals surface area contributed by atoms with E-state index in [9.17, 15) is 18.0 Å². The van der Waals surface area contributed by atoms with Crippen molar-refractivity contribution in [2.24, 2.45) is 0 Å². The molecule has 2 aromatic carbocycles. The lowest BCUT2D eigenvalue weighted by Gasteiger charge is -2.36. The fourth-order valence-corrected chi connectivity index (χ4v) is 4.07. The van der Waals surface area contributed by atoms with Gasteiger partial charge >= 0.3 is 6.18 Å². The van der Waals surface area contributed by atoms with Crippen LogP contribution >= 0.6 is 11.8 Å². The molecule has 0 unspecified atom stereocenters. The van der Waals surface area contributed by atoms with Gasteiger partial charge in [0.15, 0.2) is 0 Å². The largest absolute Gasteiger partial charge is 0.416 e. The zero-order valence-electron chi connectivity index (χ0n) is 15.5. The monoisotopic (exact) mass is 408 g/mol. The Labute approximate surface area is 167 Å². The number of carbonyl (C=O) groups is 1. The van der Waals surface area contributed by atoms with E-state index in [4.69, 9.17) is 0 Å². The van der Waals surface area contributed by atoms with Crippen molar-refractivity contribution >= 4 is 23.4 Å². The molecule has 2 aromatic rings. The van der Waals surface area contributed by atoms with Crippen LogP contribution in [0.3, 0.4) is 0 Å². The molecular weight excluding hydrogens is 385 g/mol. The summed E-state index contributed by atoms with van der Waals surface area (Å²) in [7, 11) is 0. The van der Waals surface area contributed by atoms with Crippen molar-refractivity contribution in [3.05, 3.63) is 65.7 Å². The number of benzene rings is 2. The van der Waals surface area contributed by atoms with E-state index >= 15 is 0 Å². The van der Waals surface area contributed by atoms with Gasteiger partial charge in [0.25, 0.3) is 0 Å². The molecule has 28 heavy (non-hydrogen) atoms. The first-order chi connectivity index (χ1) is 13.4. The van der Waals surface area contributed by atoms with Crippen LogP contribution in [0.2, 0.25) is 0 Å². The first kappa shape index (κ1) is 20.6. The summed E-state index contributed by atoms with van der Waals surface area (Å²) in [5.41, 5.74) is 1.16. The number of hydrogen-bond donors (Lipinski definition) is 0. The number of thioether (sulfide) groups is 1. The average molecular weight is 408 g/mol. The van der Waals surface area contributed by atoms with Crippen LogP contribution in [0, 0.1) is 0 Å². The molecule has 0 saturated carbocycles. The lowest BCUT2D eigenvalue weighted by atomic mass is 10.1. The van der Waals surface area contributed by atoms with Gasteiger partial charge in [0.05, 0.1) is 5.56 Å². The van der Waals surface area contributed by atoms with Gasteiger partial charge in [-0.05, 0) is 23.8 Å². The van der Waals surface area contributed by atoms with Crippen LogP contribution in [0.1, 0.15) is 17.5 Å². The molecule has 7 heteroatoms. The van der Waals surface area contributed by atoms with Crippen LogP contribution in [-0.2, 0) is 16.7 Å². The number of piperazine rings is 1. The smallest absolute Gasteiger partial charge is 0.368 e. The van der Waals surface area contributed by atoms with Gasteiger partial charge in [-0.2, -0.15) is 24.9 Å². The molecule has 1 saturated heterocycles. The van der Waals surface area contributed by atoms with Crippen molar-refractivity contribution in [1.29, 1.82) is 0 Å². The van der Waals surface area contributed by atoms with Crippen LogP contribution in [0.15, 0.2) is 54.6 Å². The third kappa shape index (κ3) is 5.67. The number of carbonyl (C=O) groups excluding carboxylic acids is 1. The van der Waals surface area contributed by atoms with Gasteiger partial charge in [0.1, 0.15) is 0 Å². The van der Waals surface area contributed by atoms with Crippen molar-refractivity contribution in [2.45, 2.75) is 18.3 Å². The summed E-state index contributed by atoms with van der Waals surface area (Å²) in [6.07, 6.45) is -3.85. The van der Waals surface area contributed by atoms with Crippen molar-refractivity contribution < 1.29 is 18.0 Å². The zero-order valence-corrected chi connectivity index (χ0v) is 16.3. The summed E-state index contributed by atoms with van der Waals surface area (Å²) in [6, 6.07) is 15.5. The maximum Gasteiger partial charge on any atom is 0.416 e. The van der Waals surface area contributed by atoms with Crippen LogP contribution in [0.4, 0.5) is 18.9 Å². The first-order valence-corrected chi connectivity index (χ1v) is 10.4. The second-order valence-corrected chi connectivity index (χ2v) is 7.81. The second kappa shape index (κ2) is 9.37. The zero-order chi connectivity index (χ0) is 20.0. The Bertz CT molecular complexity index is 775. The highest BCUT2D eigenvalue weighted by Gasteiger charge is 2.31. The molecule has 0 radical (unpaired) electrons. The molecule has 0 aromatic heterocycles. The third-order valence-corrected chi connectivity index (χ3v) is 5.77. The lowest BCUT2D eigenvalue weighted by Crippen LogP contribution is -2.48. The highest BCUT2D eigenvalue weighted by molar-refractivity contribution is 7.98. The molecule has 0 atom stereocenters. The highest BCUT2D eigenvalue weighted by Crippen LogP contribution is 2.31. The third-order valence-electron chi connectivity index (χ3n) is 4.74. The normalized spacial score (nSPS) is 15.0. The number of halogens is 3. The van der Waals surface area contributed by atoms with Crippen LogP contribution in [0.5, 0.6) is 0 Å². The average Bonchev–Trinajstić information content (AvgIpc) is 2.71. The summed E-state index contributed by atoms with van der Waals surface area (Å²) in [4.78, 5) is 16.1. The SMILES string of the molecule is O=C(CCSCc1ccccc1)N1CCN(c2cccc(C(F)(F)F)c2)CC1. The summed E-state index contributed by atoms with van der Waals surface area (Å²) in [6.45, 7) is 2.17. The van der Waals surface area contributed by atoms with E-state index in [-0.39, 0.29) is 5.91 Å². The Morgan fingerprint density at radius 3 is 2.36 bits per heavy atom. The molecule has 3 rings (SSSR count). The van der Waals surface area contributed by atoms with Gasteiger partial charge in [-0.25, -0.2) is 0 Å². The molecule has 1 heterocycles. The summed E-state index contributed by atoms with van der Waals surface area (Å²) < 4.78 is 38.7. The maximum absolute atomic E-state index is 12.9. The Hall–Kier alpha value is -2.15. The molecule has 1 aliphatic heterocycles. The summed E-state index contributed by atoms with van der Waals surface area (Å²) in [5, 5.41) is 0. The maximum atomic E-state index is 12.9. The van der Waals surface area contributed by atoms with E-state index in [1.165, 1.54) is 17.7 Å². The van der Waals surface area contributed by atoms with Crippen molar-refractivity contribution in [3.8, 4) is 0 Å². The molecule has 0 aliphatic carbocycles. The molecule has 1 fully saturated rings. The Kier molecular flexibility index (Phi) is 6.88. The minimum Gasteiger partial charge on any atom is -0.368 e. The predicted octanol–water partition coefficient (Wildman–Crippen LogP) is 4.68. The second-order valence-electron chi connectivity index (χ2n) is 6.70. The number of amides is 1. The Balaban J connectivity index is 1.43. The number of hydrogen-bond acceptors (Lipinski definition) is 3. The number of alkyl halides is 3. The van der Waals surface area contributed by atoms with Gasteiger partial charge in [-0.3, -0.25) is 4.79 Å². The molecule has 1 aliphatic rings. The first-order valence-electron chi connectivity index (χ1n) is 9.25. The van der Waals surface area contributed by atoms with Gasteiger partial charge in [-0.1, -0.05) is 36.4 Å². The summed E-state index contributed by atoms with van der Waals surface area (Å²) >= 11 is 1.74. The van der Waals surface area contributed by atoms with Gasteiger partial charge in [0.2, 0.25) is 5.91 Å². The van der Waals surface area contributed by atoms with E-state index in [2.05, 4.69) is 12.1 Å². The number of nitrogens with zero attached hydrogens (tertiary/aromatic N) is 2. The van der Waals surface area contributed by atoms with E-state index < -0.39 is 11.7 Å². The lowest BCUT2D eigenvalue weighted by molar-refractivity contribution is -0.137. The Morgan fingerprint density at radius 1 is 0.964 bits per heavy atom. The minimum atomic E-state index is -4.34. The molecule has 1 amide bonds. The fraction of sp³-hybridized carbons (Fsp3) is 0.381. The van der Waals surface area contributed by atoms with Crippen molar-refractivity contribution in [1.82, 2.24) is 4.90 Å². The van der Waals surface area contributed by atoms with Crippen LogP contribution in [0.25, 0.3) is 0 Å². The molecular formula is C21H23F3N2OS.